The largest absolute Gasteiger partial charge is 0.294 e. The van der Waals surface area contributed by atoms with Crippen LogP contribution in [0.25, 0.3) is 0 Å². The average molecular weight is 200 g/mol. The molecule has 0 saturated heterocycles. The van der Waals surface area contributed by atoms with Gasteiger partial charge in [-0.15, -0.1) is 11.8 Å². The Labute approximate surface area is 86.0 Å². The third kappa shape index (κ3) is 4.51. The van der Waals surface area contributed by atoms with E-state index in [-0.39, 0.29) is 5.78 Å². The Kier molecular flexibility index (Phi) is 5.38. The number of thioether (sulfide) groups is 1. The van der Waals surface area contributed by atoms with Crippen molar-refractivity contribution in [1.29, 1.82) is 0 Å². The van der Waals surface area contributed by atoms with E-state index in [0.717, 1.165) is 4.91 Å². The SMILES string of the molecule is CC(=O)/C(SC(C)C)=C(\C)C(C)C. The van der Waals surface area contributed by atoms with Gasteiger partial charge >= 0.3 is 0 Å². The van der Waals surface area contributed by atoms with Crippen LogP contribution in [0.3, 0.4) is 0 Å². The van der Waals surface area contributed by atoms with Crippen molar-refractivity contribution in [3.63, 3.8) is 0 Å². The molecule has 0 heterocycles. The van der Waals surface area contributed by atoms with E-state index >= 15 is 0 Å². The summed E-state index contributed by atoms with van der Waals surface area (Å²) in [6, 6.07) is 0. The van der Waals surface area contributed by atoms with Crippen LogP contribution in [0.2, 0.25) is 0 Å². The standard InChI is InChI=1S/C11H20OS/c1-7(2)9(5)11(10(6)12)13-8(3)4/h7-8H,1-6H3/b11-9-. The highest BCUT2D eigenvalue weighted by Crippen LogP contribution is 2.28. The number of ketones is 1. The van der Waals surface area contributed by atoms with E-state index in [2.05, 4.69) is 34.6 Å². The highest BCUT2D eigenvalue weighted by Gasteiger charge is 2.12. The number of carbonyl (C=O) groups is 1. The van der Waals surface area contributed by atoms with Crippen molar-refractivity contribution in [3.05, 3.63) is 10.5 Å². The number of rotatable bonds is 4. The van der Waals surface area contributed by atoms with Gasteiger partial charge in [0, 0.05) is 10.2 Å². The summed E-state index contributed by atoms with van der Waals surface area (Å²) in [4.78, 5) is 12.3. The van der Waals surface area contributed by atoms with E-state index in [0.29, 0.717) is 11.2 Å². The molecule has 0 radical (unpaired) electrons. The zero-order chi connectivity index (χ0) is 10.6. The summed E-state index contributed by atoms with van der Waals surface area (Å²) in [6.07, 6.45) is 0. The second-order valence-corrected chi connectivity index (χ2v) is 5.48. The first-order chi connectivity index (χ1) is 5.86. The van der Waals surface area contributed by atoms with E-state index < -0.39 is 0 Å². The Morgan fingerprint density at radius 3 is 1.77 bits per heavy atom. The summed E-state index contributed by atoms with van der Waals surface area (Å²) < 4.78 is 0. The summed E-state index contributed by atoms with van der Waals surface area (Å²) in [7, 11) is 0. The Hall–Kier alpha value is -0.240. The molecule has 0 rings (SSSR count). The number of Topliss-reactive ketones (excluding diaryl/α,β-unsaturated/α-hetero) is 1. The molecule has 0 aromatic carbocycles. The van der Waals surface area contributed by atoms with Gasteiger partial charge in [-0.05, 0) is 19.8 Å². The highest BCUT2D eigenvalue weighted by atomic mass is 32.2. The van der Waals surface area contributed by atoms with Gasteiger partial charge in [-0.25, -0.2) is 0 Å². The molecule has 0 bridgehead atoms. The molecule has 0 unspecified atom stereocenters. The van der Waals surface area contributed by atoms with E-state index in [1.807, 2.05) is 0 Å². The van der Waals surface area contributed by atoms with Crippen LogP contribution in [0, 0.1) is 5.92 Å². The van der Waals surface area contributed by atoms with Crippen LogP contribution in [0.4, 0.5) is 0 Å². The molecule has 0 atom stereocenters. The molecule has 0 aromatic rings. The minimum absolute atomic E-state index is 0.199. The number of hydrogen-bond acceptors (Lipinski definition) is 2. The topological polar surface area (TPSA) is 17.1 Å². The minimum Gasteiger partial charge on any atom is -0.294 e. The lowest BCUT2D eigenvalue weighted by Gasteiger charge is -2.13. The molecule has 76 valence electrons. The fourth-order valence-electron chi connectivity index (χ4n) is 0.951. The zero-order valence-corrected chi connectivity index (χ0v) is 10.3. The highest BCUT2D eigenvalue weighted by molar-refractivity contribution is 8.04. The van der Waals surface area contributed by atoms with Crippen molar-refractivity contribution in [2.75, 3.05) is 0 Å². The van der Waals surface area contributed by atoms with Gasteiger partial charge in [-0.1, -0.05) is 33.3 Å². The fraction of sp³-hybridized carbons (Fsp3) is 0.727. The molecule has 0 saturated carbocycles. The lowest BCUT2D eigenvalue weighted by Crippen LogP contribution is -2.04. The Morgan fingerprint density at radius 2 is 1.54 bits per heavy atom. The van der Waals surface area contributed by atoms with Crippen molar-refractivity contribution >= 4 is 17.5 Å². The predicted molar refractivity (Wildman–Crippen MR) is 60.9 cm³/mol. The lowest BCUT2D eigenvalue weighted by molar-refractivity contribution is -0.113. The molecule has 0 spiro atoms. The molecular weight excluding hydrogens is 180 g/mol. The lowest BCUT2D eigenvalue weighted by atomic mass is 10.0. The molecule has 2 heteroatoms. The normalized spacial score (nSPS) is 13.5. The minimum atomic E-state index is 0.199. The van der Waals surface area contributed by atoms with E-state index in [1.54, 1.807) is 18.7 Å². The van der Waals surface area contributed by atoms with Gasteiger partial charge in [-0.2, -0.15) is 0 Å². The first-order valence-corrected chi connectivity index (χ1v) is 5.62. The summed E-state index contributed by atoms with van der Waals surface area (Å²) in [6.45, 7) is 12.2. The number of hydrogen-bond donors (Lipinski definition) is 0. The second-order valence-electron chi connectivity index (χ2n) is 3.89. The quantitative estimate of drug-likeness (QED) is 0.644. The van der Waals surface area contributed by atoms with E-state index in [1.165, 1.54) is 5.57 Å². The molecule has 0 fully saturated rings. The molecular formula is C11H20OS. The van der Waals surface area contributed by atoms with Gasteiger partial charge in [0.25, 0.3) is 0 Å². The van der Waals surface area contributed by atoms with Crippen molar-refractivity contribution in [2.24, 2.45) is 5.92 Å². The molecule has 0 N–H and O–H groups in total. The Balaban J connectivity index is 4.78. The second kappa shape index (κ2) is 5.48. The average Bonchev–Trinajstić information content (AvgIpc) is 1.97. The smallest absolute Gasteiger partial charge is 0.166 e. The predicted octanol–water partition coefficient (Wildman–Crippen LogP) is 3.65. The van der Waals surface area contributed by atoms with Crippen LogP contribution in [-0.2, 0) is 4.79 Å². The Bertz CT molecular complexity index is 214. The fourth-order valence-corrected chi connectivity index (χ4v) is 2.01. The van der Waals surface area contributed by atoms with Gasteiger partial charge in [0.15, 0.2) is 5.78 Å². The van der Waals surface area contributed by atoms with Crippen LogP contribution in [0.15, 0.2) is 10.5 Å². The summed E-state index contributed by atoms with van der Waals surface area (Å²) in [5.74, 6) is 0.662. The summed E-state index contributed by atoms with van der Waals surface area (Å²) in [5, 5.41) is 0.479. The van der Waals surface area contributed by atoms with Crippen LogP contribution in [0.5, 0.6) is 0 Å². The summed E-state index contributed by atoms with van der Waals surface area (Å²) >= 11 is 1.67. The van der Waals surface area contributed by atoms with Crippen LogP contribution in [-0.4, -0.2) is 11.0 Å². The molecule has 1 nitrogen and oxygen atoms in total. The monoisotopic (exact) mass is 200 g/mol. The van der Waals surface area contributed by atoms with Crippen molar-refractivity contribution in [2.45, 2.75) is 46.8 Å². The zero-order valence-electron chi connectivity index (χ0n) is 9.47. The molecule has 13 heavy (non-hydrogen) atoms. The molecule has 0 aliphatic heterocycles. The maximum atomic E-state index is 11.3. The molecule has 0 aliphatic carbocycles. The van der Waals surface area contributed by atoms with Crippen LogP contribution >= 0.6 is 11.8 Å². The van der Waals surface area contributed by atoms with Crippen molar-refractivity contribution in [3.8, 4) is 0 Å². The molecule has 0 amide bonds. The third-order valence-corrected chi connectivity index (χ3v) is 3.21. The van der Waals surface area contributed by atoms with Crippen molar-refractivity contribution < 1.29 is 4.79 Å². The maximum Gasteiger partial charge on any atom is 0.166 e. The van der Waals surface area contributed by atoms with Gasteiger partial charge in [0.1, 0.15) is 0 Å². The van der Waals surface area contributed by atoms with Gasteiger partial charge in [0.2, 0.25) is 0 Å². The van der Waals surface area contributed by atoms with Crippen LogP contribution < -0.4 is 0 Å². The first-order valence-electron chi connectivity index (χ1n) is 4.74. The molecule has 0 aliphatic rings. The first kappa shape index (κ1) is 12.8. The number of carbonyl (C=O) groups excluding carboxylic acids is 1. The van der Waals surface area contributed by atoms with Crippen LogP contribution in [0.1, 0.15) is 41.5 Å². The van der Waals surface area contributed by atoms with Crippen molar-refractivity contribution in [1.82, 2.24) is 0 Å². The van der Waals surface area contributed by atoms with Gasteiger partial charge in [-0.3, -0.25) is 4.79 Å². The van der Waals surface area contributed by atoms with Gasteiger partial charge < -0.3 is 0 Å². The summed E-state index contributed by atoms with van der Waals surface area (Å²) in [5.41, 5.74) is 1.21. The third-order valence-electron chi connectivity index (χ3n) is 1.90. The van der Waals surface area contributed by atoms with E-state index in [9.17, 15) is 4.79 Å². The maximum absolute atomic E-state index is 11.3. The molecule has 0 aromatic heterocycles. The number of allylic oxidation sites excluding steroid dienone is 2. The van der Waals surface area contributed by atoms with E-state index in [4.69, 9.17) is 0 Å². The van der Waals surface area contributed by atoms with Gasteiger partial charge in [0.05, 0.1) is 0 Å². The Morgan fingerprint density at radius 1 is 1.08 bits per heavy atom.